The third-order valence-corrected chi connectivity index (χ3v) is 1.58. The zero-order valence-corrected chi connectivity index (χ0v) is 6.55. The summed E-state index contributed by atoms with van der Waals surface area (Å²) in [5.41, 5.74) is 0.810. The van der Waals surface area contributed by atoms with Crippen molar-refractivity contribution in [3.05, 3.63) is 47.8 Å². The summed E-state index contributed by atoms with van der Waals surface area (Å²) in [5.74, 6) is -0.461. The zero-order valence-electron chi connectivity index (χ0n) is 6.55. The van der Waals surface area contributed by atoms with E-state index in [1.54, 1.807) is 18.2 Å². The van der Waals surface area contributed by atoms with Gasteiger partial charge in [-0.05, 0) is 18.1 Å². The van der Waals surface area contributed by atoms with Crippen molar-refractivity contribution in [2.45, 2.75) is 6.42 Å². The quantitative estimate of drug-likeness (QED) is 0.611. The van der Waals surface area contributed by atoms with E-state index in [9.17, 15) is 4.39 Å². The van der Waals surface area contributed by atoms with Gasteiger partial charge in [-0.3, -0.25) is 0 Å². The maximum Gasteiger partial charge on any atom is 0.141 e. The van der Waals surface area contributed by atoms with Crippen molar-refractivity contribution in [1.82, 2.24) is 0 Å². The predicted molar refractivity (Wildman–Crippen MR) is 45.0 cm³/mol. The van der Waals surface area contributed by atoms with E-state index in [0.717, 1.165) is 0 Å². The molecule has 0 bridgehead atoms. The second-order valence-corrected chi connectivity index (χ2v) is 2.38. The molecule has 0 radical (unpaired) electrons. The fourth-order valence-corrected chi connectivity index (χ4v) is 1.02. The van der Waals surface area contributed by atoms with E-state index >= 15 is 0 Å². The molecule has 60 valence electrons. The van der Waals surface area contributed by atoms with Gasteiger partial charge in [-0.1, -0.05) is 18.2 Å². The normalized spacial score (nSPS) is 9.00. The lowest BCUT2D eigenvalue weighted by atomic mass is 10.1. The third kappa shape index (κ3) is 1.51. The van der Waals surface area contributed by atoms with Crippen LogP contribution in [-0.2, 0) is 6.42 Å². The van der Waals surface area contributed by atoms with Gasteiger partial charge in [-0.25, -0.2) is 4.39 Å². The SMILES string of the molecule is C=CCc1cccc(F)c1C#N. The van der Waals surface area contributed by atoms with Crippen LogP contribution in [0.3, 0.4) is 0 Å². The molecule has 0 saturated carbocycles. The summed E-state index contributed by atoms with van der Waals surface area (Å²) in [7, 11) is 0. The van der Waals surface area contributed by atoms with Gasteiger partial charge in [0.15, 0.2) is 0 Å². The molecule has 0 spiro atoms. The Kier molecular flexibility index (Phi) is 2.60. The van der Waals surface area contributed by atoms with Gasteiger partial charge in [0.05, 0.1) is 5.56 Å². The Hall–Kier alpha value is -1.62. The van der Waals surface area contributed by atoms with Crippen molar-refractivity contribution >= 4 is 0 Å². The predicted octanol–water partition coefficient (Wildman–Crippen LogP) is 2.43. The van der Waals surface area contributed by atoms with Crippen molar-refractivity contribution in [3.63, 3.8) is 0 Å². The highest BCUT2D eigenvalue weighted by Gasteiger charge is 2.04. The van der Waals surface area contributed by atoms with Gasteiger partial charge in [0.25, 0.3) is 0 Å². The van der Waals surface area contributed by atoms with E-state index in [2.05, 4.69) is 6.58 Å². The zero-order chi connectivity index (χ0) is 8.97. The Morgan fingerprint density at radius 1 is 1.58 bits per heavy atom. The van der Waals surface area contributed by atoms with E-state index in [0.29, 0.717) is 12.0 Å². The maximum atomic E-state index is 12.9. The van der Waals surface area contributed by atoms with Gasteiger partial charge >= 0.3 is 0 Å². The molecule has 0 saturated heterocycles. The summed E-state index contributed by atoms with van der Waals surface area (Å²) >= 11 is 0. The Balaban J connectivity index is 3.20. The number of benzene rings is 1. The summed E-state index contributed by atoms with van der Waals surface area (Å²) in [4.78, 5) is 0. The summed E-state index contributed by atoms with van der Waals surface area (Å²) in [6.07, 6.45) is 2.18. The molecular formula is C10H8FN. The Labute approximate surface area is 70.8 Å². The van der Waals surface area contributed by atoms with E-state index < -0.39 is 5.82 Å². The third-order valence-electron chi connectivity index (χ3n) is 1.58. The number of halogens is 1. The van der Waals surface area contributed by atoms with Crippen LogP contribution in [0.5, 0.6) is 0 Å². The molecule has 0 amide bonds. The van der Waals surface area contributed by atoms with Gasteiger partial charge in [-0.15, -0.1) is 6.58 Å². The number of hydrogen-bond acceptors (Lipinski definition) is 1. The Morgan fingerprint density at radius 3 is 2.92 bits per heavy atom. The van der Waals surface area contributed by atoms with Crippen molar-refractivity contribution in [1.29, 1.82) is 5.26 Å². The number of allylic oxidation sites excluding steroid dienone is 1. The van der Waals surface area contributed by atoms with Crippen LogP contribution in [0.1, 0.15) is 11.1 Å². The van der Waals surface area contributed by atoms with E-state index in [1.165, 1.54) is 6.07 Å². The summed E-state index contributed by atoms with van der Waals surface area (Å²) in [5, 5.41) is 8.60. The van der Waals surface area contributed by atoms with Gasteiger partial charge in [0, 0.05) is 0 Å². The van der Waals surface area contributed by atoms with Crippen LogP contribution in [-0.4, -0.2) is 0 Å². The maximum absolute atomic E-state index is 12.9. The molecule has 0 N–H and O–H groups in total. The van der Waals surface area contributed by atoms with Crippen molar-refractivity contribution in [3.8, 4) is 6.07 Å². The smallest absolute Gasteiger partial charge is 0.141 e. The molecule has 0 aromatic heterocycles. The molecule has 1 nitrogen and oxygen atoms in total. The molecular weight excluding hydrogens is 153 g/mol. The van der Waals surface area contributed by atoms with Crippen LogP contribution in [0.4, 0.5) is 4.39 Å². The molecule has 1 rings (SSSR count). The minimum atomic E-state index is -0.461. The highest BCUT2D eigenvalue weighted by Crippen LogP contribution is 2.12. The van der Waals surface area contributed by atoms with E-state index in [1.807, 2.05) is 6.07 Å². The molecule has 0 aliphatic heterocycles. The molecule has 0 aliphatic carbocycles. The van der Waals surface area contributed by atoms with Crippen LogP contribution in [0.25, 0.3) is 0 Å². The fraction of sp³-hybridized carbons (Fsp3) is 0.100. The summed E-state index contributed by atoms with van der Waals surface area (Å²) in [6, 6.07) is 6.43. The molecule has 0 heterocycles. The first-order chi connectivity index (χ1) is 5.79. The monoisotopic (exact) mass is 161 g/mol. The molecule has 1 aromatic carbocycles. The molecule has 0 aliphatic rings. The minimum Gasteiger partial charge on any atom is -0.206 e. The van der Waals surface area contributed by atoms with Gasteiger partial charge in [0.1, 0.15) is 11.9 Å². The first kappa shape index (κ1) is 8.48. The van der Waals surface area contributed by atoms with Gasteiger partial charge in [-0.2, -0.15) is 5.26 Å². The number of nitrogens with zero attached hydrogens (tertiary/aromatic N) is 1. The topological polar surface area (TPSA) is 23.8 Å². The molecule has 0 fully saturated rings. The first-order valence-corrected chi connectivity index (χ1v) is 3.58. The van der Waals surface area contributed by atoms with Crippen molar-refractivity contribution in [2.75, 3.05) is 0 Å². The van der Waals surface area contributed by atoms with Crippen molar-refractivity contribution < 1.29 is 4.39 Å². The molecule has 2 heteroatoms. The van der Waals surface area contributed by atoms with E-state index in [4.69, 9.17) is 5.26 Å². The lowest BCUT2D eigenvalue weighted by Crippen LogP contribution is -1.91. The molecule has 0 atom stereocenters. The number of rotatable bonds is 2. The standard InChI is InChI=1S/C10H8FN/c1-2-4-8-5-3-6-10(11)9(8)7-12/h2-3,5-6H,1,4H2. The van der Waals surface area contributed by atoms with Gasteiger partial charge in [0.2, 0.25) is 0 Å². The molecule has 12 heavy (non-hydrogen) atoms. The lowest BCUT2D eigenvalue weighted by molar-refractivity contribution is 0.622. The summed E-state index contributed by atoms with van der Waals surface area (Å²) in [6.45, 7) is 3.53. The second kappa shape index (κ2) is 3.68. The van der Waals surface area contributed by atoms with Gasteiger partial charge < -0.3 is 0 Å². The lowest BCUT2D eigenvalue weighted by Gasteiger charge is -1.99. The highest BCUT2D eigenvalue weighted by atomic mass is 19.1. The van der Waals surface area contributed by atoms with Crippen LogP contribution >= 0.6 is 0 Å². The first-order valence-electron chi connectivity index (χ1n) is 3.58. The average Bonchev–Trinajstić information content (AvgIpc) is 2.05. The Morgan fingerprint density at radius 2 is 2.33 bits per heavy atom. The minimum absolute atomic E-state index is 0.123. The van der Waals surface area contributed by atoms with E-state index in [-0.39, 0.29) is 5.56 Å². The van der Waals surface area contributed by atoms with Crippen LogP contribution in [0, 0.1) is 17.1 Å². The van der Waals surface area contributed by atoms with Crippen molar-refractivity contribution in [2.24, 2.45) is 0 Å². The molecule has 0 unspecified atom stereocenters. The van der Waals surface area contributed by atoms with Crippen LogP contribution < -0.4 is 0 Å². The average molecular weight is 161 g/mol. The Bertz CT molecular complexity index is 336. The fourth-order valence-electron chi connectivity index (χ4n) is 1.02. The van der Waals surface area contributed by atoms with Crippen LogP contribution in [0.2, 0.25) is 0 Å². The number of hydrogen-bond donors (Lipinski definition) is 0. The largest absolute Gasteiger partial charge is 0.206 e. The van der Waals surface area contributed by atoms with Crippen LogP contribution in [0.15, 0.2) is 30.9 Å². The molecule has 1 aromatic rings. The number of nitriles is 1. The second-order valence-electron chi connectivity index (χ2n) is 2.38. The highest BCUT2D eigenvalue weighted by molar-refractivity contribution is 5.39. The summed E-state index contributed by atoms with van der Waals surface area (Å²) < 4.78 is 12.9.